The predicted octanol–water partition coefficient (Wildman–Crippen LogP) is 3.58. The van der Waals surface area contributed by atoms with Gasteiger partial charge in [-0.3, -0.25) is 4.79 Å². The number of fused-ring (bicyclic) bond motifs is 1. The summed E-state index contributed by atoms with van der Waals surface area (Å²) < 4.78 is 11.5. The van der Waals surface area contributed by atoms with Gasteiger partial charge in [-0.15, -0.1) is 0 Å². The lowest BCUT2D eigenvalue weighted by Gasteiger charge is -2.36. The Kier molecular flexibility index (Phi) is 4.17. The van der Waals surface area contributed by atoms with Crippen molar-refractivity contribution in [3.63, 3.8) is 0 Å². The highest BCUT2D eigenvalue weighted by Gasteiger charge is 2.40. The molecule has 1 amide bonds. The number of aromatic hydroxyl groups is 1. The van der Waals surface area contributed by atoms with Crippen LogP contribution >= 0.6 is 0 Å². The van der Waals surface area contributed by atoms with Crippen molar-refractivity contribution in [2.24, 2.45) is 0 Å². The number of hydrogen-bond donors (Lipinski definition) is 2. The fourth-order valence-corrected chi connectivity index (χ4v) is 3.74. The van der Waals surface area contributed by atoms with Gasteiger partial charge in [0.25, 0.3) is 5.91 Å². The van der Waals surface area contributed by atoms with Gasteiger partial charge in [-0.1, -0.05) is 5.16 Å². The second kappa shape index (κ2) is 6.29. The SMILES string of the molecule is Cc1c(C)c2c(c(C)c1O)CC[C@](C)(C(=O)NCc1cc(C3CC3)on1)O2. The third-order valence-corrected chi connectivity index (χ3v) is 5.99. The van der Waals surface area contributed by atoms with Crippen LogP contribution in [0, 0.1) is 20.8 Å². The highest BCUT2D eigenvalue weighted by Crippen LogP contribution is 2.43. The second-order valence-electron chi connectivity index (χ2n) is 8.04. The zero-order valence-electron chi connectivity index (χ0n) is 16.3. The van der Waals surface area contributed by atoms with E-state index in [1.807, 2.05) is 33.8 Å². The maximum atomic E-state index is 12.9. The predicted molar refractivity (Wildman–Crippen MR) is 100.0 cm³/mol. The van der Waals surface area contributed by atoms with E-state index in [4.69, 9.17) is 9.26 Å². The van der Waals surface area contributed by atoms with Crippen LogP contribution in [-0.4, -0.2) is 21.8 Å². The summed E-state index contributed by atoms with van der Waals surface area (Å²) in [4.78, 5) is 12.9. The molecule has 144 valence electrons. The molecule has 4 rings (SSSR count). The summed E-state index contributed by atoms with van der Waals surface area (Å²) in [5.41, 5.74) is 3.30. The minimum absolute atomic E-state index is 0.160. The van der Waals surface area contributed by atoms with E-state index in [1.165, 1.54) is 0 Å². The van der Waals surface area contributed by atoms with Crippen molar-refractivity contribution < 1.29 is 19.2 Å². The zero-order valence-corrected chi connectivity index (χ0v) is 16.3. The number of carbonyl (C=O) groups excluding carboxylic acids is 1. The summed E-state index contributed by atoms with van der Waals surface area (Å²) in [5.74, 6) is 2.30. The van der Waals surface area contributed by atoms with E-state index in [1.54, 1.807) is 0 Å². The Labute approximate surface area is 158 Å². The first kappa shape index (κ1) is 17.9. The fourth-order valence-electron chi connectivity index (χ4n) is 3.74. The van der Waals surface area contributed by atoms with Crippen LogP contribution in [0.5, 0.6) is 11.5 Å². The van der Waals surface area contributed by atoms with Crippen LogP contribution < -0.4 is 10.1 Å². The Bertz CT molecular complexity index is 913. The molecule has 0 bridgehead atoms. The molecule has 2 aromatic rings. The van der Waals surface area contributed by atoms with Crippen LogP contribution in [0.25, 0.3) is 0 Å². The van der Waals surface area contributed by atoms with Gasteiger partial charge in [-0.05, 0) is 63.6 Å². The van der Waals surface area contributed by atoms with Gasteiger partial charge in [-0.2, -0.15) is 0 Å². The van der Waals surface area contributed by atoms with Crippen molar-refractivity contribution in [2.45, 2.75) is 71.4 Å². The normalized spacial score (nSPS) is 21.5. The Hall–Kier alpha value is -2.50. The lowest BCUT2D eigenvalue weighted by atomic mass is 9.86. The molecule has 0 unspecified atom stereocenters. The number of ether oxygens (including phenoxy) is 1. The molecule has 6 nitrogen and oxygen atoms in total. The number of aromatic nitrogens is 1. The van der Waals surface area contributed by atoms with E-state index in [2.05, 4.69) is 10.5 Å². The lowest BCUT2D eigenvalue weighted by Crippen LogP contribution is -2.50. The minimum Gasteiger partial charge on any atom is -0.507 e. The van der Waals surface area contributed by atoms with E-state index < -0.39 is 5.60 Å². The van der Waals surface area contributed by atoms with Gasteiger partial charge in [0, 0.05) is 24.0 Å². The summed E-state index contributed by atoms with van der Waals surface area (Å²) >= 11 is 0. The molecule has 0 radical (unpaired) electrons. The standard InChI is InChI=1S/C21H26N2O4/c1-11-12(2)19-16(13(3)18(11)24)7-8-21(4,26-19)20(25)22-10-15-9-17(27-23-15)14-5-6-14/h9,14,24H,5-8,10H2,1-4H3,(H,22,25)/t21-/m1/s1. The van der Waals surface area contributed by atoms with Crippen molar-refractivity contribution in [1.82, 2.24) is 10.5 Å². The lowest BCUT2D eigenvalue weighted by molar-refractivity contribution is -0.137. The molecule has 1 fully saturated rings. The van der Waals surface area contributed by atoms with E-state index >= 15 is 0 Å². The Morgan fingerprint density at radius 2 is 2.04 bits per heavy atom. The van der Waals surface area contributed by atoms with Crippen LogP contribution in [0.1, 0.15) is 65.8 Å². The molecule has 0 saturated heterocycles. The second-order valence-corrected chi connectivity index (χ2v) is 8.04. The van der Waals surface area contributed by atoms with Crippen LogP contribution in [-0.2, 0) is 17.8 Å². The summed E-state index contributed by atoms with van der Waals surface area (Å²) in [7, 11) is 0. The molecule has 1 atom stereocenters. The van der Waals surface area contributed by atoms with E-state index in [0.717, 1.165) is 52.3 Å². The first-order valence-electron chi connectivity index (χ1n) is 9.54. The van der Waals surface area contributed by atoms with Crippen LogP contribution in [0.3, 0.4) is 0 Å². The van der Waals surface area contributed by atoms with Crippen LogP contribution in [0.4, 0.5) is 0 Å². The first-order chi connectivity index (χ1) is 12.8. The Morgan fingerprint density at radius 1 is 1.30 bits per heavy atom. The third-order valence-electron chi connectivity index (χ3n) is 5.99. The smallest absolute Gasteiger partial charge is 0.264 e. The highest BCUT2D eigenvalue weighted by molar-refractivity contribution is 5.85. The number of benzene rings is 1. The molecular weight excluding hydrogens is 344 g/mol. The molecular formula is C21H26N2O4. The Balaban J connectivity index is 1.49. The number of phenolic OH excluding ortho intramolecular Hbond substituents is 1. The number of carbonyl (C=O) groups is 1. The fraction of sp³-hybridized carbons (Fsp3) is 0.524. The van der Waals surface area contributed by atoms with E-state index in [9.17, 15) is 9.90 Å². The van der Waals surface area contributed by atoms with Crippen LogP contribution in [0.2, 0.25) is 0 Å². The van der Waals surface area contributed by atoms with Gasteiger partial charge in [0.05, 0.1) is 6.54 Å². The molecule has 1 aliphatic carbocycles. The monoisotopic (exact) mass is 370 g/mol. The molecule has 2 N–H and O–H groups in total. The van der Waals surface area contributed by atoms with Crippen molar-refractivity contribution in [2.75, 3.05) is 0 Å². The molecule has 0 spiro atoms. The summed E-state index contributed by atoms with van der Waals surface area (Å²) in [6.45, 7) is 7.84. The molecule has 1 aromatic carbocycles. The number of hydrogen-bond acceptors (Lipinski definition) is 5. The number of nitrogens with one attached hydrogen (secondary N) is 1. The average molecular weight is 370 g/mol. The molecule has 1 aliphatic heterocycles. The van der Waals surface area contributed by atoms with Gasteiger partial charge in [0.1, 0.15) is 23.0 Å². The van der Waals surface area contributed by atoms with Gasteiger partial charge >= 0.3 is 0 Å². The topological polar surface area (TPSA) is 84.6 Å². The van der Waals surface area contributed by atoms with Crippen molar-refractivity contribution >= 4 is 5.91 Å². The molecule has 2 heterocycles. The number of rotatable bonds is 4. The molecule has 6 heteroatoms. The van der Waals surface area contributed by atoms with E-state index in [0.29, 0.717) is 31.1 Å². The molecule has 27 heavy (non-hydrogen) atoms. The quantitative estimate of drug-likeness (QED) is 0.859. The van der Waals surface area contributed by atoms with Crippen molar-refractivity contribution in [1.29, 1.82) is 0 Å². The molecule has 1 saturated carbocycles. The number of amides is 1. The van der Waals surface area contributed by atoms with Gasteiger partial charge in [-0.25, -0.2) is 0 Å². The summed E-state index contributed by atoms with van der Waals surface area (Å²) in [6.07, 6.45) is 3.55. The van der Waals surface area contributed by atoms with Gasteiger partial charge in [0.15, 0.2) is 5.60 Å². The number of phenols is 1. The van der Waals surface area contributed by atoms with Crippen LogP contribution in [0.15, 0.2) is 10.6 Å². The van der Waals surface area contributed by atoms with Crippen molar-refractivity contribution in [3.8, 4) is 11.5 Å². The average Bonchev–Trinajstić information content (AvgIpc) is 3.41. The summed E-state index contributed by atoms with van der Waals surface area (Å²) in [6, 6.07) is 1.93. The third kappa shape index (κ3) is 3.07. The minimum atomic E-state index is -0.948. The number of nitrogens with zero attached hydrogens (tertiary/aromatic N) is 1. The molecule has 2 aliphatic rings. The van der Waals surface area contributed by atoms with Crippen molar-refractivity contribution in [3.05, 3.63) is 39.8 Å². The summed E-state index contributed by atoms with van der Waals surface area (Å²) in [5, 5.41) is 17.3. The maximum absolute atomic E-state index is 12.9. The Morgan fingerprint density at radius 3 is 2.74 bits per heavy atom. The van der Waals surface area contributed by atoms with E-state index in [-0.39, 0.29) is 5.91 Å². The van der Waals surface area contributed by atoms with Gasteiger partial charge < -0.3 is 19.7 Å². The first-order valence-corrected chi connectivity index (χ1v) is 9.54. The largest absolute Gasteiger partial charge is 0.507 e. The van der Waals surface area contributed by atoms with Gasteiger partial charge in [0.2, 0.25) is 0 Å². The zero-order chi connectivity index (χ0) is 19.3. The maximum Gasteiger partial charge on any atom is 0.264 e. The molecule has 1 aromatic heterocycles. The highest BCUT2D eigenvalue weighted by atomic mass is 16.5.